The molecule has 0 N–H and O–H groups in total. The number of piperidine rings is 1. The highest BCUT2D eigenvalue weighted by Crippen LogP contribution is 2.48. The molecule has 0 atom stereocenters. The van der Waals surface area contributed by atoms with E-state index in [4.69, 9.17) is 23.2 Å². The monoisotopic (exact) mass is 482 g/mol. The Balaban J connectivity index is 1.40. The summed E-state index contributed by atoms with van der Waals surface area (Å²) in [7, 11) is 0. The van der Waals surface area contributed by atoms with E-state index in [1.165, 1.54) is 17.2 Å². The minimum atomic E-state index is -0.198. The Morgan fingerprint density at radius 2 is 1.82 bits per heavy atom. The fourth-order valence-electron chi connectivity index (χ4n) is 5.23. The van der Waals surface area contributed by atoms with Crippen LogP contribution in [0.25, 0.3) is 0 Å². The summed E-state index contributed by atoms with van der Waals surface area (Å²) in [6, 6.07) is 18.2. The summed E-state index contributed by atoms with van der Waals surface area (Å²) in [6.45, 7) is 5.25. The van der Waals surface area contributed by atoms with Crippen LogP contribution >= 0.6 is 23.2 Å². The zero-order valence-electron chi connectivity index (χ0n) is 18.5. The molecule has 0 aliphatic carbocycles. The number of carbonyl (C=O) groups excluding carboxylic acids is 1. The number of fused-ring (bicyclic) bond motifs is 2. The highest BCUT2D eigenvalue weighted by molar-refractivity contribution is 6.37. The molecule has 5 rings (SSSR count). The molecule has 1 saturated heterocycles. The van der Waals surface area contributed by atoms with Crippen molar-refractivity contribution in [2.24, 2.45) is 0 Å². The first-order valence-corrected chi connectivity index (χ1v) is 12.0. The number of anilines is 1. The van der Waals surface area contributed by atoms with Crippen molar-refractivity contribution < 1.29 is 9.18 Å². The van der Waals surface area contributed by atoms with Crippen LogP contribution in [0.1, 0.15) is 39.9 Å². The molecule has 3 aromatic rings. The number of halogens is 3. The summed E-state index contributed by atoms with van der Waals surface area (Å²) in [5, 5.41) is 0.878. The van der Waals surface area contributed by atoms with Crippen LogP contribution in [0.2, 0.25) is 10.0 Å². The molecule has 0 aromatic heterocycles. The largest absolute Gasteiger partial charge is 0.307 e. The van der Waals surface area contributed by atoms with E-state index in [0.29, 0.717) is 22.2 Å². The molecule has 0 saturated carbocycles. The topological polar surface area (TPSA) is 23.6 Å². The molecule has 0 radical (unpaired) electrons. The number of rotatable bonds is 3. The predicted octanol–water partition coefficient (Wildman–Crippen LogP) is 6.64. The third-order valence-corrected chi connectivity index (χ3v) is 7.54. The smallest absolute Gasteiger partial charge is 0.259 e. The van der Waals surface area contributed by atoms with Gasteiger partial charge >= 0.3 is 0 Å². The molecule has 0 bridgehead atoms. The van der Waals surface area contributed by atoms with Gasteiger partial charge in [-0.15, -0.1) is 0 Å². The molecule has 1 spiro atoms. The van der Waals surface area contributed by atoms with Gasteiger partial charge in [0.2, 0.25) is 0 Å². The molecule has 0 unspecified atom stereocenters. The highest BCUT2D eigenvalue weighted by atomic mass is 35.5. The molecule has 6 heteroatoms. The number of hydrogen-bond acceptors (Lipinski definition) is 2. The maximum Gasteiger partial charge on any atom is 0.259 e. The second-order valence-corrected chi connectivity index (χ2v) is 10.1. The normalized spacial score (nSPS) is 17.4. The molecule has 3 nitrogen and oxygen atoms in total. The van der Waals surface area contributed by atoms with Crippen molar-refractivity contribution in [1.29, 1.82) is 0 Å². The highest BCUT2D eigenvalue weighted by Gasteiger charge is 2.46. The minimum absolute atomic E-state index is 0.0889. The van der Waals surface area contributed by atoms with Gasteiger partial charge in [0.25, 0.3) is 5.91 Å². The Morgan fingerprint density at radius 3 is 2.55 bits per heavy atom. The molecule has 1 fully saturated rings. The average molecular weight is 483 g/mol. The van der Waals surface area contributed by atoms with Crippen molar-refractivity contribution in [1.82, 2.24) is 4.90 Å². The fraction of sp³-hybridized carbons (Fsp3) is 0.296. The number of carbonyl (C=O) groups is 1. The van der Waals surface area contributed by atoms with E-state index in [9.17, 15) is 9.18 Å². The van der Waals surface area contributed by atoms with Crippen LogP contribution in [-0.2, 0) is 12.0 Å². The second kappa shape index (κ2) is 8.75. The Kier molecular flexibility index (Phi) is 5.94. The van der Waals surface area contributed by atoms with Crippen LogP contribution in [0.4, 0.5) is 10.1 Å². The molecular weight excluding hydrogens is 458 g/mol. The third kappa shape index (κ3) is 4.28. The number of likely N-dealkylation sites (tertiary alicyclic amines) is 1. The zero-order chi connectivity index (χ0) is 23.2. The van der Waals surface area contributed by atoms with Gasteiger partial charge in [0.05, 0.1) is 10.6 Å². The van der Waals surface area contributed by atoms with Crippen molar-refractivity contribution in [2.45, 2.75) is 31.7 Å². The van der Waals surface area contributed by atoms with Crippen LogP contribution in [0.5, 0.6) is 0 Å². The van der Waals surface area contributed by atoms with E-state index in [1.54, 1.807) is 30.3 Å². The Hall–Kier alpha value is -2.40. The lowest BCUT2D eigenvalue weighted by Gasteiger charge is -2.40. The maximum absolute atomic E-state index is 13.6. The third-order valence-electron chi connectivity index (χ3n) is 6.99. The summed E-state index contributed by atoms with van der Waals surface area (Å²) in [6.07, 6.45) is 1.88. The molecule has 3 aromatic carbocycles. The van der Waals surface area contributed by atoms with E-state index in [2.05, 4.69) is 30.0 Å². The van der Waals surface area contributed by atoms with Gasteiger partial charge in [-0.05, 0) is 80.4 Å². The Bertz CT molecular complexity index is 1220. The van der Waals surface area contributed by atoms with Gasteiger partial charge in [-0.3, -0.25) is 9.69 Å². The van der Waals surface area contributed by atoms with Gasteiger partial charge < -0.3 is 4.90 Å². The molecule has 2 aliphatic heterocycles. The number of aryl methyl sites for hydroxylation is 1. The maximum atomic E-state index is 13.6. The van der Waals surface area contributed by atoms with Crippen molar-refractivity contribution in [3.8, 4) is 0 Å². The molecular formula is C27H25Cl2FN2O. The number of benzene rings is 3. The van der Waals surface area contributed by atoms with Crippen LogP contribution in [0.15, 0.2) is 60.7 Å². The van der Waals surface area contributed by atoms with Crippen LogP contribution in [-0.4, -0.2) is 30.4 Å². The zero-order valence-corrected chi connectivity index (χ0v) is 20.0. The quantitative estimate of drug-likeness (QED) is 0.417. The van der Waals surface area contributed by atoms with Crippen molar-refractivity contribution in [3.05, 3.63) is 98.8 Å². The number of hydrogen-bond donors (Lipinski definition) is 0. The van der Waals surface area contributed by atoms with E-state index in [1.807, 2.05) is 11.0 Å². The van der Waals surface area contributed by atoms with Crippen LogP contribution in [0.3, 0.4) is 0 Å². The van der Waals surface area contributed by atoms with Gasteiger partial charge in [0.1, 0.15) is 5.82 Å². The SMILES string of the molecule is Cc1ccc2c(c1)C1(CCN(Cc3cccc(F)c3)CC1)CN2C(=O)c1ccc(Cl)cc1Cl. The molecule has 33 heavy (non-hydrogen) atoms. The second-order valence-electron chi connectivity index (χ2n) is 9.22. The molecule has 1 amide bonds. The first kappa shape index (κ1) is 22.4. The van der Waals surface area contributed by atoms with Gasteiger partial charge in [-0.25, -0.2) is 4.39 Å². The summed E-state index contributed by atoms with van der Waals surface area (Å²) in [5.41, 5.74) is 4.76. The lowest BCUT2D eigenvalue weighted by atomic mass is 9.74. The Labute approximate surface area is 203 Å². The standard InChI is InChI=1S/C27H25Cl2FN2O/c1-18-5-8-25-23(13-18)27(17-32(25)26(33)22-7-6-20(28)15-24(22)29)9-11-31(12-10-27)16-19-3-2-4-21(30)14-19/h2-8,13-15H,9-12,16-17H2,1H3. The predicted molar refractivity (Wildman–Crippen MR) is 132 cm³/mol. The first-order valence-electron chi connectivity index (χ1n) is 11.2. The summed E-state index contributed by atoms with van der Waals surface area (Å²) in [4.78, 5) is 17.8. The fourth-order valence-corrected chi connectivity index (χ4v) is 5.72. The summed E-state index contributed by atoms with van der Waals surface area (Å²) in [5.74, 6) is -0.294. The summed E-state index contributed by atoms with van der Waals surface area (Å²) >= 11 is 12.4. The van der Waals surface area contributed by atoms with E-state index in [0.717, 1.165) is 43.7 Å². The van der Waals surface area contributed by atoms with Crippen molar-refractivity contribution in [2.75, 3.05) is 24.5 Å². The van der Waals surface area contributed by atoms with Crippen LogP contribution in [0, 0.1) is 12.7 Å². The van der Waals surface area contributed by atoms with Gasteiger partial charge in [-0.2, -0.15) is 0 Å². The first-order chi connectivity index (χ1) is 15.8. The average Bonchev–Trinajstić information content (AvgIpc) is 3.08. The van der Waals surface area contributed by atoms with E-state index >= 15 is 0 Å². The van der Waals surface area contributed by atoms with Gasteiger partial charge in [0, 0.05) is 29.2 Å². The lowest BCUT2D eigenvalue weighted by molar-refractivity contribution is 0.0975. The number of nitrogens with zero attached hydrogens (tertiary/aromatic N) is 2. The Morgan fingerprint density at radius 1 is 1.03 bits per heavy atom. The van der Waals surface area contributed by atoms with Crippen molar-refractivity contribution in [3.63, 3.8) is 0 Å². The summed E-state index contributed by atoms with van der Waals surface area (Å²) < 4.78 is 13.6. The molecule has 2 heterocycles. The van der Waals surface area contributed by atoms with Crippen molar-refractivity contribution >= 4 is 34.8 Å². The lowest BCUT2D eigenvalue weighted by Crippen LogP contribution is -2.45. The van der Waals surface area contributed by atoms with Gasteiger partial charge in [0.15, 0.2) is 0 Å². The van der Waals surface area contributed by atoms with Gasteiger partial charge in [-0.1, -0.05) is 53.0 Å². The van der Waals surface area contributed by atoms with E-state index in [-0.39, 0.29) is 17.1 Å². The molecule has 2 aliphatic rings. The number of amides is 1. The van der Waals surface area contributed by atoms with E-state index < -0.39 is 0 Å². The van der Waals surface area contributed by atoms with Crippen LogP contribution < -0.4 is 4.90 Å². The minimum Gasteiger partial charge on any atom is -0.307 e. The molecule has 170 valence electrons.